The van der Waals surface area contributed by atoms with Gasteiger partial charge in [-0.15, -0.1) is 12.4 Å². The van der Waals surface area contributed by atoms with Gasteiger partial charge in [-0.05, 0) is 49.2 Å². The predicted molar refractivity (Wildman–Crippen MR) is 119 cm³/mol. The number of benzene rings is 3. The fraction of sp³-hybridized carbons (Fsp3) is 0.217. The van der Waals surface area contributed by atoms with E-state index in [0.29, 0.717) is 6.61 Å². The van der Waals surface area contributed by atoms with Gasteiger partial charge in [0, 0.05) is 16.6 Å². The molecule has 142 valence electrons. The molecule has 0 amide bonds. The monoisotopic (exact) mass is 445 g/mol. The molecule has 0 bridgehead atoms. The SMILES string of the molecule is Cc1ccc(COc2ccc(Br)cc2CNCCc2ccccc2)cc1.Cl. The number of hydrogen-bond donors (Lipinski definition) is 1. The van der Waals surface area contributed by atoms with E-state index >= 15 is 0 Å². The second kappa shape index (κ2) is 11.1. The van der Waals surface area contributed by atoms with Gasteiger partial charge in [0.05, 0.1) is 0 Å². The van der Waals surface area contributed by atoms with E-state index in [4.69, 9.17) is 4.74 Å². The fourth-order valence-electron chi connectivity index (χ4n) is 2.77. The molecule has 0 radical (unpaired) electrons. The highest BCUT2D eigenvalue weighted by Gasteiger charge is 2.05. The Morgan fingerprint density at radius 2 is 1.63 bits per heavy atom. The van der Waals surface area contributed by atoms with Gasteiger partial charge in [0.15, 0.2) is 0 Å². The summed E-state index contributed by atoms with van der Waals surface area (Å²) >= 11 is 3.56. The molecule has 0 aliphatic carbocycles. The van der Waals surface area contributed by atoms with Gasteiger partial charge in [-0.2, -0.15) is 0 Å². The smallest absolute Gasteiger partial charge is 0.124 e. The summed E-state index contributed by atoms with van der Waals surface area (Å²) in [5.74, 6) is 0.931. The van der Waals surface area contributed by atoms with Crippen LogP contribution >= 0.6 is 28.3 Å². The zero-order chi connectivity index (χ0) is 18.2. The lowest BCUT2D eigenvalue weighted by molar-refractivity contribution is 0.302. The third kappa shape index (κ3) is 7.02. The number of nitrogens with one attached hydrogen (secondary N) is 1. The summed E-state index contributed by atoms with van der Waals surface area (Å²) in [6, 6.07) is 25.2. The molecule has 1 N–H and O–H groups in total. The Morgan fingerprint density at radius 1 is 0.889 bits per heavy atom. The molecular weight excluding hydrogens is 422 g/mol. The summed E-state index contributed by atoms with van der Waals surface area (Å²) in [5.41, 5.74) is 4.96. The second-order valence-electron chi connectivity index (χ2n) is 6.44. The summed E-state index contributed by atoms with van der Waals surface area (Å²) in [5, 5.41) is 3.52. The average molecular weight is 447 g/mol. The minimum Gasteiger partial charge on any atom is -0.489 e. The molecule has 4 heteroatoms. The Morgan fingerprint density at radius 3 is 2.37 bits per heavy atom. The average Bonchev–Trinajstić information content (AvgIpc) is 2.67. The van der Waals surface area contributed by atoms with Gasteiger partial charge in [-0.1, -0.05) is 76.1 Å². The molecule has 0 saturated heterocycles. The van der Waals surface area contributed by atoms with Gasteiger partial charge in [-0.3, -0.25) is 0 Å². The van der Waals surface area contributed by atoms with Crippen molar-refractivity contribution in [3.05, 3.63) is 99.5 Å². The Bertz CT molecular complexity index is 822. The molecule has 0 saturated carbocycles. The van der Waals surface area contributed by atoms with E-state index in [0.717, 1.165) is 29.7 Å². The van der Waals surface area contributed by atoms with Crippen LogP contribution in [0.2, 0.25) is 0 Å². The van der Waals surface area contributed by atoms with Crippen molar-refractivity contribution in [2.24, 2.45) is 0 Å². The minimum atomic E-state index is 0. The second-order valence-corrected chi connectivity index (χ2v) is 7.35. The van der Waals surface area contributed by atoms with Crippen molar-refractivity contribution in [2.45, 2.75) is 26.5 Å². The van der Waals surface area contributed by atoms with Crippen molar-refractivity contribution in [3.63, 3.8) is 0 Å². The van der Waals surface area contributed by atoms with E-state index in [1.165, 1.54) is 22.3 Å². The van der Waals surface area contributed by atoms with E-state index in [2.05, 4.69) is 88.8 Å². The van der Waals surface area contributed by atoms with Gasteiger partial charge in [0.25, 0.3) is 0 Å². The Labute approximate surface area is 176 Å². The Balaban J connectivity index is 0.00000261. The molecule has 2 nitrogen and oxygen atoms in total. The molecular formula is C23H25BrClNO. The number of ether oxygens (including phenoxy) is 1. The van der Waals surface area contributed by atoms with E-state index in [1.807, 2.05) is 12.1 Å². The topological polar surface area (TPSA) is 21.3 Å². The van der Waals surface area contributed by atoms with E-state index in [-0.39, 0.29) is 12.4 Å². The first-order valence-corrected chi connectivity index (χ1v) is 9.71. The van der Waals surface area contributed by atoms with Gasteiger partial charge in [0.1, 0.15) is 12.4 Å². The largest absolute Gasteiger partial charge is 0.489 e. The molecule has 3 aromatic carbocycles. The molecule has 0 aliphatic heterocycles. The van der Waals surface area contributed by atoms with Crippen LogP contribution in [0.25, 0.3) is 0 Å². The molecule has 0 fully saturated rings. The van der Waals surface area contributed by atoms with Crippen LogP contribution < -0.4 is 10.1 Å². The van der Waals surface area contributed by atoms with Crippen LogP contribution in [0, 0.1) is 6.92 Å². The first-order chi connectivity index (χ1) is 12.7. The summed E-state index contributed by atoms with van der Waals surface area (Å²) in [7, 11) is 0. The highest BCUT2D eigenvalue weighted by molar-refractivity contribution is 9.10. The van der Waals surface area contributed by atoms with Crippen LogP contribution in [0.15, 0.2) is 77.3 Å². The van der Waals surface area contributed by atoms with Gasteiger partial charge in [-0.25, -0.2) is 0 Å². The van der Waals surface area contributed by atoms with Crippen LogP contribution in [0.3, 0.4) is 0 Å². The van der Waals surface area contributed by atoms with Crippen LogP contribution in [0.4, 0.5) is 0 Å². The van der Waals surface area contributed by atoms with Crippen LogP contribution in [0.5, 0.6) is 5.75 Å². The zero-order valence-corrected chi connectivity index (χ0v) is 17.9. The third-order valence-corrected chi connectivity index (χ3v) is 4.78. The highest BCUT2D eigenvalue weighted by atomic mass is 79.9. The van der Waals surface area contributed by atoms with E-state index in [9.17, 15) is 0 Å². The molecule has 0 spiro atoms. The zero-order valence-electron chi connectivity index (χ0n) is 15.5. The number of rotatable bonds is 8. The highest BCUT2D eigenvalue weighted by Crippen LogP contribution is 2.24. The molecule has 0 atom stereocenters. The molecule has 27 heavy (non-hydrogen) atoms. The molecule has 0 heterocycles. The standard InChI is InChI=1S/C23H24BrNO.ClH/c1-18-7-9-20(10-8-18)17-26-23-12-11-22(24)15-21(23)16-25-14-13-19-5-3-2-4-6-19;/h2-12,15,25H,13-14,16-17H2,1H3;1H. The summed E-state index contributed by atoms with van der Waals surface area (Å²) < 4.78 is 7.14. The minimum absolute atomic E-state index is 0. The number of halogens is 2. The summed E-state index contributed by atoms with van der Waals surface area (Å²) in [4.78, 5) is 0. The third-order valence-electron chi connectivity index (χ3n) is 4.29. The van der Waals surface area contributed by atoms with Crippen LogP contribution in [0.1, 0.15) is 22.3 Å². The molecule has 3 rings (SSSR count). The van der Waals surface area contributed by atoms with Crippen molar-refractivity contribution >= 4 is 28.3 Å². The summed E-state index contributed by atoms with van der Waals surface area (Å²) in [6.07, 6.45) is 1.02. The van der Waals surface area contributed by atoms with Crippen molar-refractivity contribution in [2.75, 3.05) is 6.54 Å². The molecule has 0 aromatic heterocycles. The van der Waals surface area contributed by atoms with Crippen molar-refractivity contribution in [1.29, 1.82) is 0 Å². The maximum absolute atomic E-state index is 6.07. The number of hydrogen-bond acceptors (Lipinski definition) is 2. The Kier molecular flexibility index (Phi) is 8.86. The van der Waals surface area contributed by atoms with Crippen LogP contribution in [-0.4, -0.2) is 6.54 Å². The molecule has 0 aliphatic rings. The lowest BCUT2D eigenvalue weighted by atomic mass is 10.1. The maximum Gasteiger partial charge on any atom is 0.124 e. The maximum atomic E-state index is 6.07. The molecule has 3 aromatic rings. The fourth-order valence-corrected chi connectivity index (χ4v) is 3.18. The van der Waals surface area contributed by atoms with E-state index < -0.39 is 0 Å². The van der Waals surface area contributed by atoms with Gasteiger partial charge >= 0.3 is 0 Å². The molecule has 0 unspecified atom stereocenters. The predicted octanol–water partition coefficient (Wildman–Crippen LogP) is 6.09. The number of aryl methyl sites for hydroxylation is 1. The quantitative estimate of drug-likeness (QED) is 0.423. The van der Waals surface area contributed by atoms with Gasteiger partial charge < -0.3 is 10.1 Å². The van der Waals surface area contributed by atoms with Crippen molar-refractivity contribution in [1.82, 2.24) is 5.32 Å². The lowest BCUT2D eigenvalue weighted by Gasteiger charge is -2.13. The first kappa shape index (κ1) is 21.5. The normalized spacial score (nSPS) is 10.3. The van der Waals surface area contributed by atoms with Crippen LogP contribution in [-0.2, 0) is 19.6 Å². The Hall–Kier alpha value is -1.81. The van der Waals surface area contributed by atoms with E-state index in [1.54, 1.807) is 0 Å². The first-order valence-electron chi connectivity index (χ1n) is 8.92. The van der Waals surface area contributed by atoms with Crippen molar-refractivity contribution in [3.8, 4) is 5.75 Å². The van der Waals surface area contributed by atoms with Crippen molar-refractivity contribution < 1.29 is 4.74 Å². The lowest BCUT2D eigenvalue weighted by Crippen LogP contribution is -2.17. The van der Waals surface area contributed by atoms with Gasteiger partial charge in [0.2, 0.25) is 0 Å². The summed E-state index contributed by atoms with van der Waals surface area (Å²) in [6.45, 7) is 4.40.